The van der Waals surface area contributed by atoms with Crippen molar-refractivity contribution in [1.29, 1.82) is 0 Å². The van der Waals surface area contributed by atoms with Gasteiger partial charge in [0, 0.05) is 23.8 Å². The van der Waals surface area contributed by atoms with Gasteiger partial charge in [0.25, 0.3) is 5.60 Å². The number of carbonyl (C=O) groups is 4. The maximum absolute atomic E-state index is 15.5. The van der Waals surface area contributed by atoms with Crippen molar-refractivity contribution in [2.24, 2.45) is 0 Å². The third-order valence-corrected chi connectivity index (χ3v) is 9.47. The molecule has 3 heterocycles. The Hall–Kier alpha value is -7.05. The van der Waals surface area contributed by atoms with Gasteiger partial charge in [0.15, 0.2) is 17.8 Å². The number of nitrogen functional groups attached to an aromatic ring is 1. The number of carbonyl (C=O) groups excluding carboxylic acids is 4. The fourth-order valence-corrected chi connectivity index (χ4v) is 6.78. The number of ether oxygens (including phenoxy) is 3. The Balaban J connectivity index is 1.62. The highest BCUT2D eigenvalue weighted by molar-refractivity contribution is 6.29. The maximum Gasteiger partial charge on any atom is 0.473 e. The summed E-state index contributed by atoms with van der Waals surface area (Å²) in [6.07, 6.45) is -4.09. The number of esters is 1. The second kappa shape index (κ2) is 14.3. The van der Waals surface area contributed by atoms with Crippen LogP contribution in [0.4, 0.5) is 11.8 Å². The molecule has 4 atom stereocenters. The minimum absolute atomic E-state index is 0.174. The highest BCUT2D eigenvalue weighted by Crippen LogP contribution is 2.55. The van der Waals surface area contributed by atoms with Crippen LogP contribution in [0.3, 0.4) is 0 Å². The van der Waals surface area contributed by atoms with E-state index < -0.39 is 75.0 Å². The number of nitrogens with zero attached hydrogens (tertiary/aromatic N) is 5. The molecule has 0 radical (unpaired) electrons. The summed E-state index contributed by atoms with van der Waals surface area (Å²) in [5, 5.41) is 37.0. The third-order valence-electron chi connectivity index (χ3n) is 9.47. The molecule has 4 N–H and O–H groups in total. The SMILES string of the molecule is CO[C@]1(O)[C@H](n2cnc3c(N)nc([N+](=O)[O-])nc32)O[C@](C(=O)c2ccccc2)(C(OC(=O)c2ccccc2)(C(=O)c2ccccc2)C(=O)c2ccccc2)[C@H]1O. The molecule has 7 rings (SSSR count). The number of nitro groups is 1. The normalized spacial score (nSPS) is 20.7. The monoisotopic (exact) mass is 758 g/mol. The molecule has 1 saturated heterocycles. The summed E-state index contributed by atoms with van der Waals surface area (Å²) in [4.78, 5) is 83.3. The summed E-state index contributed by atoms with van der Waals surface area (Å²) in [5.74, 6) is -9.91. The summed E-state index contributed by atoms with van der Waals surface area (Å²) in [6, 6.07) is 28.3. The number of aliphatic hydroxyl groups is 2. The summed E-state index contributed by atoms with van der Waals surface area (Å²) in [5.41, 5.74) is -2.68. The molecule has 0 saturated carbocycles. The van der Waals surface area contributed by atoms with Crippen molar-refractivity contribution in [2.45, 2.75) is 29.3 Å². The predicted molar refractivity (Wildman–Crippen MR) is 194 cm³/mol. The number of anilines is 1. The van der Waals surface area contributed by atoms with Crippen LogP contribution in [-0.2, 0) is 14.2 Å². The van der Waals surface area contributed by atoms with E-state index in [2.05, 4.69) is 15.0 Å². The number of aliphatic hydroxyl groups excluding tert-OH is 1. The zero-order chi connectivity index (χ0) is 39.8. The summed E-state index contributed by atoms with van der Waals surface area (Å²) in [6.45, 7) is 0. The Kier molecular flexibility index (Phi) is 9.52. The quantitative estimate of drug-likeness (QED) is 0.0403. The number of imidazole rings is 1. The lowest BCUT2D eigenvalue weighted by atomic mass is 9.66. The minimum atomic E-state index is -3.54. The van der Waals surface area contributed by atoms with Crippen LogP contribution in [0.2, 0.25) is 0 Å². The number of rotatable bonds is 12. The van der Waals surface area contributed by atoms with E-state index in [-0.39, 0.29) is 27.8 Å². The molecule has 17 nitrogen and oxygen atoms in total. The topological polar surface area (TPSA) is 249 Å². The first-order valence-corrected chi connectivity index (χ1v) is 16.8. The fourth-order valence-electron chi connectivity index (χ4n) is 6.78. The molecule has 282 valence electrons. The molecule has 0 amide bonds. The number of nitrogens with two attached hydrogens (primary N) is 1. The maximum atomic E-state index is 15.5. The molecule has 17 heteroatoms. The van der Waals surface area contributed by atoms with E-state index in [0.29, 0.717) is 0 Å². The Labute approximate surface area is 316 Å². The molecule has 0 spiro atoms. The summed E-state index contributed by atoms with van der Waals surface area (Å²) in [7, 11) is 0.920. The van der Waals surface area contributed by atoms with Gasteiger partial charge >= 0.3 is 11.9 Å². The third kappa shape index (κ3) is 5.69. The summed E-state index contributed by atoms with van der Waals surface area (Å²) >= 11 is 0. The molecule has 0 bridgehead atoms. The van der Waals surface area contributed by atoms with Crippen LogP contribution < -0.4 is 5.73 Å². The van der Waals surface area contributed by atoms with Gasteiger partial charge in [-0.1, -0.05) is 109 Å². The lowest BCUT2D eigenvalue weighted by molar-refractivity contribution is -0.394. The van der Waals surface area contributed by atoms with E-state index in [4.69, 9.17) is 19.9 Å². The molecule has 56 heavy (non-hydrogen) atoms. The summed E-state index contributed by atoms with van der Waals surface area (Å²) < 4.78 is 19.0. The van der Waals surface area contributed by atoms with Crippen molar-refractivity contribution >= 4 is 46.2 Å². The highest BCUT2D eigenvalue weighted by atomic mass is 16.7. The van der Waals surface area contributed by atoms with Gasteiger partial charge in [0.2, 0.25) is 40.2 Å². The van der Waals surface area contributed by atoms with E-state index in [1.54, 1.807) is 24.3 Å². The van der Waals surface area contributed by atoms with Crippen LogP contribution in [0.15, 0.2) is 128 Å². The van der Waals surface area contributed by atoms with Crippen LogP contribution in [-0.4, -0.2) is 88.2 Å². The first kappa shape index (κ1) is 37.3. The van der Waals surface area contributed by atoms with Gasteiger partial charge in [-0.2, -0.15) is 0 Å². The Morgan fingerprint density at radius 2 is 1.30 bits per heavy atom. The van der Waals surface area contributed by atoms with Crippen LogP contribution >= 0.6 is 0 Å². The van der Waals surface area contributed by atoms with Gasteiger partial charge in [0.1, 0.15) is 6.33 Å². The smallest absolute Gasteiger partial charge is 0.435 e. The Bertz CT molecular complexity index is 2430. The number of hydrogen-bond donors (Lipinski definition) is 3. The van der Waals surface area contributed by atoms with Gasteiger partial charge in [-0.3, -0.25) is 19.0 Å². The Morgan fingerprint density at radius 1 is 0.821 bits per heavy atom. The van der Waals surface area contributed by atoms with E-state index in [1.807, 2.05) is 0 Å². The van der Waals surface area contributed by atoms with Gasteiger partial charge in [-0.25, -0.2) is 9.78 Å². The van der Waals surface area contributed by atoms with Crippen molar-refractivity contribution < 1.29 is 48.5 Å². The van der Waals surface area contributed by atoms with Crippen LogP contribution in [0.1, 0.15) is 47.7 Å². The van der Waals surface area contributed by atoms with Crippen LogP contribution in [0.25, 0.3) is 11.2 Å². The average molecular weight is 759 g/mol. The molecule has 2 aromatic heterocycles. The molecule has 0 unspecified atom stereocenters. The number of benzene rings is 4. The Morgan fingerprint density at radius 3 is 1.79 bits per heavy atom. The number of aromatic nitrogens is 4. The number of ketones is 3. The van der Waals surface area contributed by atoms with Crippen LogP contribution in [0, 0.1) is 10.1 Å². The van der Waals surface area contributed by atoms with Gasteiger partial charge in [0.05, 0.1) is 5.56 Å². The molecular weight excluding hydrogens is 728 g/mol. The van der Waals surface area contributed by atoms with Crippen molar-refractivity contribution in [3.05, 3.63) is 160 Å². The van der Waals surface area contributed by atoms with Crippen molar-refractivity contribution in [3.8, 4) is 0 Å². The zero-order valence-electron chi connectivity index (χ0n) is 29.2. The molecule has 6 aromatic rings. The van der Waals surface area contributed by atoms with Crippen molar-refractivity contribution in [1.82, 2.24) is 19.5 Å². The molecule has 0 aliphatic carbocycles. The van der Waals surface area contributed by atoms with Gasteiger partial charge in [-0.15, -0.1) is 0 Å². The highest BCUT2D eigenvalue weighted by Gasteiger charge is 2.81. The second-order valence-corrected chi connectivity index (χ2v) is 12.6. The van der Waals surface area contributed by atoms with E-state index in [0.717, 1.165) is 18.0 Å². The molecule has 1 aliphatic heterocycles. The average Bonchev–Trinajstić information content (AvgIpc) is 3.77. The lowest BCUT2D eigenvalue weighted by Crippen LogP contribution is -2.75. The first-order valence-electron chi connectivity index (χ1n) is 16.8. The second-order valence-electron chi connectivity index (χ2n) is 12.6. The standard InChI is InChI=1S/C39H30N6O11/c1-54-39(51)34(50)38(30(48)25-18-10-4-11-19-25,56-35(39)44-22-41-27-31(40)42-36(45(52)53)43-32(27)44)37(28(46)23-14-6-2-7-15-23,29(47)24-16-8-3-9-17-24)55-33(49)26-20-12-5-13-21-26/h2-22,34-35,50-51H,1H3,(H2,40,42,43)/t34-,35-,38+,39+/m1/s1. The molecule has 1 aliphatic rings. The first-order chi connectivity index (χ1) is 26.9. The van der Waals surface area contributed by atoms with Crippen LogP contribution in [0.5, 0.6) is 0 Å². The number of Topliss-reactive ketones (excluding diaryl/α,β-unsaturated/α-hetero) is 3. The van der Waals surface area contributed by atoms with Crippen molar-refractivity contribution in [3.63, 3.8) is 0 Å². The number of fused-ring (bicyclic) bond motifs is 1. The zero-order valence-corrected chi connectivity index (χ0v) is 29.2. The molecule has 4 aromatic carbocycles. The largest absolute Gasteiger partial charge is 0.473 e. The lowest BCUT2D eigenvalue weighted by Gasteiger charge is -2.45. The van der Waals surface area contributed by atoms with Gasteiger partial charge < -0.3 is 40.3 Å². The minimum Gasteiger partial charge on any atom is -0.435 e. The molecule has 1 fully saturated rings. The van der Waals surface area contributed by atoms with Gasteiger partial charge in [-0.05, 0) is 27.0 Å². The molecular formula is C39H30N6O11. The number of hydrogen-bond acceptors (Lipinski definition) is 15. The predicted octanol–water partition coefficient (Wildman–Crippen LogP) is 3.52. The van der Waals surface area contributed by atoms with E-state index in [1.165, 1.54) is 97.1 Å². The van der Waals surface area contributed by atoms with Crippen molar-refractivity contribution in [2.75, 3.05) is 12.8 Å². The number of methoxy groups -OCH3 is 1. The fraction of sp³-hybridized carbons (Fsp3) is 0.154. The van der Waals surface area contributed by atoms with E-state index >= 15 is 14.4 Å². The van der Waals surface area contributed by atoms with E-state index in [9.17, 15) is 25.1 Å².